The van der Waals surface area contributed by atoms with E-state index in [4.69, 9.17) is 19.4 Å². The Morgan fingerprint density at radius 3 is 2.26 bits per heavy atom. The Labute approximate surface area is 198 Å². The summed E-state index contributed by atoms with van der Waals surface area (Å²) >= 11 is 0. The first-order valence-electron chi connectivity index (χ1n) is 11.2. The van der Waals surface area contributed by atoms with E-state index in [1.807, 2.05) is 72.8 Å². The SMILES string of the molecule is C[N+]1(OC(=O)C(=O)O)CC[C@H](c2ccccc2)[C@@H](COc2cccc(Oc3ccccc3)c2)C1. The van der Waals surface area contributed by atoms with Gasteiger partial charge in [-0.2, -0.15) is 0 Å². The minimum atomic E-state index is -1.59. The number of carboxylic acids is 1. The number of benzene rings is 3. The molecule has 3 atom stereocenters. The Balaban J connectivity index is 1.48. The zero-order chi connectivity index (χ0) is 24.0. The molecule has 7 heteroatoms. The van der Waals surface area contributed by atoms with Crippen LogP contribution in [0.2, 0.25) is 0 Å². The number of hydrogen-bond donors (Lipinski definition) is 1. The largest absolute Gasteiger partial charge is 0.493 e. The van der Waals surface area contributed by atoms with Crippen LogP contribution in [0.3, 0.4) is 0 Å². The Bertz CT molecular complexity index is 1120. The van der Waals surface area contributed by atoms with Gasteiger partial charge in [0, 0.05) is 18.4 Å². The summed E-state index contributed by atoms with van der Waals surface area (Å²) in [6.45, 7) is 1.35. The monoisotopic (exact) mass is 462 g/mol. The van der Waals surface area contributed by atoms with Gasteiger partial charge in [-0.1, -0.05) is 54.6 Å². The van der Waals surface area contributed by atoms with Crippen LogP contribution < -0.4 is 9.47 Å². The molecular weight excluding hydrogens is 434 g/mol. The van der Waals surface area contributed by atoms with E-state index >= 15 is 0 Å². The van der Waals surface area contributed by atoms with Gasteiger partial charge in [0.2, 0.25) is 0 Å². The topological polar surface area (TPSA) is 82.1 Å². The molecule has 1 fully saturated rings. The lowest BCUT2D eigenvalue weighted by Gasteiger charge is -2.41. The normalized spacial score (nSPS) is 21.9. The molecular formula is C27H28NO6+. The maximum atomic E-state index is 11.8. The van der Waals surface area contributed by atoms with Crippen LogP contribution in [0.5, 0.6) is 17.2 Å². The van der Waals surface area contributed by atoms with E-state index in [1.54, 1.807) is 7.05 Å². The number of hydrogen-bond acceptors (Lipinski definition) is 5. The lowest BCUT2D eigenvalue weighted by Crippen LogP contribution is -2.55. The predicted octanol–water partition coefficient (Wildman–Crippen LogP) is 4.65. The van der Waals surface area contributed by atoms with Crippen molar-refractivity contribution in [3.8, 4) is 17.2 Å². The summed E-state index contributed by atoms with van der Waals surface area (Å²) in [6, 6.07) is 27.1. The van der Waals surface area contributed by atoms with Crippen molar-refractivity contribution in [1.29, 1.82) is 0 Å². The van der Waals surface area contributed by atoms with Gasteiger partial charge in [-0.3, -0.25) is 4.84 Å². The number of carbonyl (C=O) groups excluding carboxylic acids is 1. The number of quaternary nitrogens is 1. The van der Waals surface area contributed by atoms with Gasteiger partial charge in [0.15, 0.2) is 0 Å². The molecule has 0 saturated carbocycles. The number of carbonyl (C=O) groups is 2. The van der Waals surface area contributed by atoms with E-state index in [2.05, 4.69) is 12.1 Å². The first-order chi connectivity index (χ1) is 16.4. The molecule has 1 saturated heterocycles. The fourth-order valence-corrected chi connectivity index (χ4v) is 4.45. The highest BCUT2D eigenvalue weighted by atomic mass is 16.8. The number of hydroxylamine groups is 3. The van der Waals surface area contributed by atoms with Crippen molar-refractivity contribution >= 4 is 11.9 Å². The van der Waals surface area contributed by atoms with Gasteiger partial charge >= 0.3 is 11.9 Å². The lowest BCUT2D eigenvalue weighted by atomic mass is 9.81. The van der Waals surface area contributed by atoms with Crippen molar-refractivity contribution in [1.82, 2.24) is 0 Å². The van der Waals surface area contributed by atoms with Gasteiger partial charge < -0.3 is 14.6 Å². The summed E-state index contributed by atoms with van der Waals surface area (Å²) in [4.78, 5) is 28.1. The first-order valence-corrected chi connectivity index (χ1v) is 11.2. The van der Waals surface area contributed by atoms with Crippen LogP contribution in [0.4, 0.5) is 0 Å². The molecule has 1 heterocycles. The van der Waals surface area contributed by atoms with Crippen molar-refractivity contribution in [3.63, 3.8) is 0 Å². The quantitative estimate of drug-likeness (QED) is 0.407. The predicted molar refractivity (Wildman–Crippen MR) is 125 cm³/mol. The molecule has 7 nitrogen and oxygen atoms in total. The highest BCUT2D eigenvalue weighted by Crippen LogP contribution is 2.36. The molecule has 3 aromatic rings. The fraction of sp³-hybridized carbons (Fsp3) is 0.259. The summed E-state index contributed by atoms with van der Waals surface area (Å²) in [7, 11) is 1.74. The Morgan fingerprint density at radius 1 is 0.912 bits per heavy atom. The van der Waals surface area contributed by atoms with Crippen molar-refractivity contribution in [2.45, 2.75) is 12.3 Å². The maximum Gasteiger partial charge on any atom is 0.473 e. The molecule has 0 amide bonds. The van der Waals surface area contributed by atoms with E-state index in [1.165, 1.54) is 5.56 Å². The van der Waals surface area contributed by atoms with Crippen LogP contribution in [0.25, 0.3) is 0 Å². The second kappa shape index (κ2) is 10.4. The van der Waals surface area contributed by atoms with Crippen LogP contribution in [-0.4, -0.2) is 48.4 Å². The molecule has 176 valence electrons. The third kappa shape index (κ3) is 5.94. The Morgan fingerprint density at radius 2 is 1.56 bits per heavy atom. The van der Waals surface area contributed by atoms with Gasteiger partial charge in [-0.15, -0.1) is 4.65 Å². The van der Waals surface area contributed by atoms with Crippen molar-refractivity contribution in [2.75, 3.05) is 26.7 Å². The third-order valence-electron chi connectivity index (χ3n) is 6.06. The Hall–Kier alpha value is -3.84. The minimum absolute atomic E-state index is 0.00134. The third-order valence-corrected chi connectivity index (χ3v) is 6.06. The van der Waals surface area contributed by atoms with Crippen LogP contribution in [-0.2, 0) is 14.4 Å². The maximum absolute atomic E-state index is 11.8. The minimum Gasteiger partial charge on any atom is -0.493 e. The van der Waals surface area contributed by atoms with Crippen molar-refractivity contribution in [2.24, 2.45) is 5.92 Å². The van der Waals surface area contributed by atoms with E-state index in [-0.39, 0.29) is 16.5 Å². The number of likely N-dealkylation sites (tertiary alicyclic amines) is 1. The molecule has 0 radical (unpaired) electrons. The molecule has 0 spiro atoms. The summed E-state index contributed by atoms with van der Waals surface area (Å²) in [5.74, 6) is -0.560. The van der Waals surface area contributed by atoms with Crippen LogP contribution >= 0.6 is 0 Å². The summed E-state index contributed by atoms with van der Waals surface area (Å²) in [6.07, 6.45) is 0.735. The molecule has 0 aromatic heterocycles. The highest BCUT2D eigenvalue weighted by Gasteiger charge is 2.43. The van der Waals surface area contributed by atoms with Crippen LogP contribution in [0.15, 0.2) is 84.9 Å². The standard InChI is InChI=1S/C27H27NO6/c1-28(34-27(31)26(29)30)16-15-25(20-9-4-2-5-10-20)21(18-28)19-32-23-13-8-14-24(17-23)33-22-11-6-3-7-12-22/h2-14,17,21,25H,15-16,18-19H2,1H3/p+1/t21-,25-,28?/m1/s1. The molecule has 3 aromatic carbocycles. The van der Waals surface area contributed by atoms with Crippen molar-refractivity contribution in [3.05, 3.63) is 90.5 Å². The van der Waals surface area contributed by atoms with Crippen LogP contribution in [0, 0.1) is 5.92 Å². The summed E-state index contributed by atoms with van der Waals surface area (Å²) < 4.78 is 12.0. The molecule has 34 heavy (non-hydrogen) atoms. The summed E-state index contributed by atoms with van der Waals surface area (Å²) in [5, 5.41) is 8.99. The number of aliphatic carboxylic acids is 1. The van der Waals surface area contributed by atoms with E-state index < -0.39 is 11.9 Å². The van der Waals surface area contributed by atoms with E-state index in [0.717, 1.165) is 12.2 Å². The van der Waals surface area contributed by atoms with Crippen molar-refractivity contribution < 1.29 is 33.7 Å². The van der Waals surface area contributed by atoms with Gasteiger partial charge in [0.1, 0.15) is 37.4 Å². The number of nitrogens with zero attached hydrogens (tertiary/aromatic N) is 1. The first kappa shape index (κ1) is 23.3. The fourth-order valence-electron chi connectivity index (χ4n) is 4.45. The van der Waals surface area contributed by atoms with Gasteiger partial charge in [0.25, 0.3) is 0 Å². The number of para-hydroxylation sites is 1. The summed E-state index contributed by atoms with van der Waals surface area (Å²) in [5.41, 5.74) is 1.19. The second-order valence-corrected chi connectivity index (χ2v) is 8.65. The van der Waals surface area contributed by atoms with Gasteiger partial charge in [-0.25, -0.2) is 9.59 Å². The molecule has 1 aliphatic heterocycles. The molecule has 1 N–H and O–H groups in total. The smallest absolute Gasteiger partial charge is 0.473 e. The molecule has 0 aliphatic carbocycles. The molecule has 1 aliphatic rings. The number of piperidine rings is 1. The van der Waals surface area contributed by atoms with E-state index in [9.17, 15) is 9.59 Å². The van der Waals surface area contributed by atoms with Crippen LogP contribution in [0.1, 0.15) is 17.9 Å². The molecule has 0 bridgehead atoms. The number of carboxylic acid groups (broad SMARTS) is 1. The average molecular weight is 463 g/mol. The second-order valence-electron chi connectivity index (χ2n) is 8.65. The molecule has 1 unspecified atom stereocenters. The molecule has 4 rings (SSSR count). The zero-order valence-corrected chi connectivity index (χ0v) is 19.0. The van der Waals surface area contributed by atoms with Gasteiger partial charge in [0.05, 0.1) is 12.5 Å². The average Bonchev–Trinajstić information content (AvgIpc) is 2.84. The number of rotatable bonds is 7. The van der Waals surface area contributed by atoms with Gasteiger partial charge in [-0.05, 0) is 29.8 Å². The lowest BCUT2D eigenvalue weighted by molar-refractivity contribution is -1.08. The van der Waals surface area contributed by atoms with E-state index in [0.29, 0.717) is 31.2 Å². The Kier molecular flexibility index (Phi) is 7.13. The zero-order valence-electron chi connectivity index (χ0n) is 19.0. The highest BCUT2D eigenvalue weighted by molar-refractivity contribution is 6.28. The number of ether oxygens (including phenoxy) is 2.